The molecule has 4 heterocycles. The third-order valence-electron chi connectivity index (χ3n) is 5.08. The average molecular weight is 587 g/mol. The number of hydrogen-bond acceptors (Lipinski definition) is 6. The van der Waals surface area contributed by atoms with Crippen molar-refractivity contribution in [3.63, 3.8) is 0 Å². The first-order chi connectivity index (χ1) is 14.7. The van der Waals surface area contributed by atoms with Gasteiger partial charge < -0.3 is 29.6 Å². The fourth-order valence-electron chi connectivity index (χ4n) is 3.73. The summed E-state index contributed by atoms with van der Waals surface area (Å²) in [5, 5.41) is 3.46. The molecule has 2 aliphatic rings. The first-order valence-electron chi connectivity index (χ1n) is 9.74. The second kappa shape index (κ2) is 8.95. The zero-order valence-electron chi connectivity index (χ0n) is 17.3. The minimum atomic E-state index is 0. The van der Waals surface area contributed by atoms with Gasteiger partial charge in [0, 0.05) is 38.0 Å². The average Bonchev–Trinajstić information content (AvgIpc) is 3.51. The molecule has 8 heteroatoms. The molecule has 2 aromatic heterocycles. The zero-order valence-corrected chi connectivity index (χ0v) is 19.8. The molecule has 0 radical (unpaired) electrons. The first-order valence-corrected chi connectivity index (χ1v) is 9.74. The molecule has 31 heavy (non-hydrogen) atoms. The number of benzene rings is 2. The number of fused-ring (bicyclic) bond motifs is 6. The van der Waals surface area contributed by atoms with E-state index in [9.17, 15) is 0 Å². The van der Waals surface area contributed by atoms with Crippen molar-refractivity contribution in [3.05, 3.63) is 87.1 Å². The van der Waals surface area contributed by atoms with Crippen LogP contribution in [0.4, 0.5) is 0 Å². The third-order valence-corrected chi connectivity index (χ3v) is 5.08. The molecular weight excluding hydrogens is 565 g/mol. The quantitative estimate of drug-likeness (QED) is 0.263. The molecule has 2 aromatic carbocycles. The minimum absolute atomic E-state index is 0. The van der Waals surface area contributed by atoms with E-state index in [-0.39, 0.29) is 19.8 Å². The molecule has 4 aromatic rings. The Balaban J connectivity index is 0.000000150. The standard InChI is InChI=1S/C14H8N3.C9H14N4.Os/c1-2-5-10-9(4-1)11-6-3-7-15-12(11)14-13(10)16-8-17-14;1-10-3-5-12(7-10)9-13-6-4-11(2)8-13;/h1-8H;3-8H,9H2,1-2H3;/q-1;-2;. The molecular formula is C23H22N7Os-3. The predicted octanol–water partition coefficient (Wildman–Crippen LogP) is 3.51. The molecule has 0 atom stereocenters. The Morgan fingerprint density at radius 1 is 0.774 bits per heavy atom. The van der Waals surface area contributed by atoms with Gasteiger partial charge in [0.25, 0.3) is 0 Å². The third kappa shape index (κ3) is 4.21. The topological polar surface area (TPSA) is 52.8 Å². The van der Waals surface area contributed by atoms with Gasteiger partial charge in [0.1, 0.15) is 0 Å². The van der Waals surface area contributed by atoms with Crippen LogP contribution in [0, 0.1) is 13.3 Å². The second-order valence-corrected chi connectivity index (χ2v) is 7.34. The molecule has 7 nitrogen and oxygen atoms in total. The van der Waals surface area contributed by atoms with E-state index >= 15 is 0 Å². The number of pyridine rings is 1. The Morgan fingerprint density at radius 2 is 1.35 bits per heavy atom. The summed E-state index contributed by atoms with van der Waals surface area (Å²) in [5.41, 5.74) is 2.75. The molecule has 0 aliphatic carbocycles. The molecule has 2 aliphatic heterocycles. The van der Waals surface area contributed by atoms with Gasteiger partial charge in [-0.15, -0.1) is 0 Å². The maximum atomic E-state index is 4.43. The van der Waals surface area contributed by atoms with E-state index in [0.717, 1.165) is 34.0 Å². The molecule has 0 saturated heterocycles. The Labute approximate surface area is 194 Å². The Morgan fingerprint density at radius 3 is 1.97 bits per heavy atom. The van der Waals surface area contributed by atoms with E-state index in [1.807, 2.05) is 54.5 Å². The Kier molecular flexibility index (Phi) is 6.10. The van der Waals surface area contributed by atoms with Gasteiger partial charge in [-0.3, -0.25) is 4.98 Å². The Hall–Kier alpha value is -3.10. The summed E-state index contributed by atoms with van der Waals surface area (Å²) in [5.74, 6) is 0. The van der Waals surface area contributed by atoms with Crippen LogP contribution in [0.25, 0.3) is 32.7 Å². The van der Waals surface area contributed by atoms with Crippen LogP contribution in [0.3, 0.4) is 0 Å². The summed E-state index contributed by atoms with van der Waals surface area (Å²) in [4.78, 5) is 21.4. The number of aromatic nitrogens is 3. The number of nitrogens with zero attached hydrogens (tertiary/aromatic N) is 7. The van der Waals surface area contributed by atoms with E-state index in [4.69, 9.17) is 0 Å². The van der Waals surface area contributed by atoms with Gasteiger partial charge in [-0.1, -0.05) is 36.7 Å². The van der Waals surface area contributed by atoms with E-state index in [0.29, 0.717) is 0 Å². The number of imidazole rings is 1. The zero-order chi connectivity index (χ0) is 20.5. The summed E-state index contributed by atoms with van der Waals surface area (Å²) >= 11 is 0. The maximum Gasteiger partial charge on any atom is 0.0742 e. The van der Waals surface area contributed by atoms with E-state index < -0.39 is 0 Å². The van der Waals surface area contributed by atoms with Gasteiger partial charge >= 0.3 is 0 Å². The largest absolute Gasteiger partial charge is 0.511 e. The van der Waals surface area contributed by atoms with Crippen LogP contribution in [0.2, 0.25) is 0 Å². The molecule has 0 fully saturated rings. The van der Waals surface area contributed by atoms with Crippen molar-refractivity contribution >= 4 is 32.7 Å². The van der Waals surface area contributed by atoms with Crippen molar-refractivity contribution in [1.29, 1.82) is 0 Å². The molecule has 0 bridgehead atoms. The van der Waals surface area contributed by atoms with Crippen molar-refractivity contribution in [2.45, 2.75) is 0 Å². The van der Waals surface area contributed by atoms with Crippen molar-refractivity contribution in [2.75, 3.05) is 20.8 Å². The van der Waals surface area contributed by atoms with Crippen molar-refractivity contribution in [1.82, 2.24) is 34.6 Å². The van der Waals surface area contributed by atoms with Gasteiger partial charge in [0.2, 0.25) is 0 Å². The van der Waals surface area contributed by atoms with Crippen LogP contribution in [-0.2, 0) is 19.8 Å². The molecule has 0 N–H and O–H groups in total. The van der Waals surface area contributed by atoms with Crippen LogP contribution in [0.15, 0.2) is 73.7 Å². The maximum absolute atomic E-state index is 4.43. The monoisotopic (exact) mass is 588 g/mol. The van der Waals surface area contributed by atoms with E-state index in [2.05, 4.69) is 68.7 Å². The smallest absolute Gasteiger partial charge is 0.0742 e. The Bertz CT molecular complexity index is 1150. The van der Waals surface area contributed by atoms with Crippen LogP contribution in [0.1, 0.15) is 0 Å². The van der Waals surface area contributed by atoms with Crippen molar-refractivity contribution in [2.24, 2.45) is 0 Å². The van der Waals surface area contributed by atoms with Crippen LogP contribution in [0.5, 0.6) is 0 Å². The minimum Gasteiger partial charge on any atom is -0.511 e. The van der Waals surface area contributed by atoms with E-state index in [1.165, 1.54) is 5.39 Å². The normalized spacial score (nSPS) is 15.2. The second-order valence-electron chi connectivity index (χ2n) is 7.34. The SMILES string of the molecule is CN1C=CN(CN2C=CN(C)[CH-]2)[CH-]1.[Os].c1ccc2c(c1)c1cccnc1c1[n-]cnc21. The van der Waals surface area contributed by atoms with Gasteiger partial charge in [0.05, 0.1) is 5.52 Å². The fraction of sp³-hybridized carbons (Fsp3) is 0.130. The first kappa shape index (κ1) is 21.1. The molecule has 6 rings (SSSR count). The van der Waals surface area contributed by atoms with Crippen molar-refractivity contribution < 1.29 is 19.8 Å². The van der Waals surface area contributed by atoms with Gasteiger partial charge in [-0.25, -0.2) is 0 Å². The van der Waals surface area contributed by atoms with Gasteiger partial charge in [-0.05, 0) is 66.8 Å². The summed E-state index contributed by atoms with van der Waals surface area (Å²) in [6.07, 6.45) is 11.6. The van der Waals surface area contributed by atoms with Crippen LogP contribution in [-0.4, -0.2) is 50.3 Å². The fourth-order valence-corrected chi connectivity index (χ4v) is 3.73. The van der Waals surface area contributed by atoms with Crippen molar-refractivity contribution in [3.8, 4) is 0 Å². The van der Waals surface area contributed by atoms with Crippen LogP contribution >= 0.6 is 0 Å². The van der Waals surface area contributed by atoms with Gasteiger partial charge in [0.15, 0.2) is 0 Å². The van der Waals surface area contributed by atoms with Crippen LogP contribution < -0.4 is 4.98 Å². The number of hydrogen-bond donors (Lipinski definition) is 0. The number of rotatable bonds is 2. The molecule has 0 amide bonds. The summed E-state index contributed by atoms with van der Waals surface area (Å²) in [6, 6.07) is 12.3. The molecule has 0 unspecified atom stereocenters. The predicted molar refractivity (Wildman–Crippen MR) is 119 cm³/mol. The molecule has 0 spiro atoms. The van der Waals surface area contributed by atoms with Gasteiger partial charge in [-0.2, -0.15) is 13.3 Å². The van der Waals surface area contributed by atoms with E-state index in [1.54, 1.807) is 12.5 Å². The molecule has 160 valence electrons. The molecule has 0 saturated carbocycles. The summed E-state index contributed by atoms with van der Waals surface area (Å²) in [7, 11) is 4.04. The summed E-state index contributed by atoms with van der Waals surface area (Å²) < 4.78 is 0. The summed E-state index contributed by atoms with van der Waals surface area (Å²) in [6.45, 7) is 4.97.